The summed E-state index contributed by atoms with van der Waals surface area (Å²) in [5.74, 6) is 0.495. The van der Waals surface area contributed by atoms with E-state index in [1.165, 1.54) is 12.8 Å². The molecule has 1 aliphatic rings. The summed E-state index contributed by atoms with van der Waals surface area (Å²) in [5.41, 5.74) is 5.21. The number of hydrogen-bond donors (Lipinski definition) is 3. The van der Waals surface area contributed by atoms with Crippen molar-refractivity contribution in [2.24, 2.45) is 10.7 Å². The van der Waals surface area contributed by atoms with E-state index < -0.39 is 11.7 Å². The van der Waals surface area contributed by atoms with E-state index in [4.69, 9.17) is 10.5 Å². The molecular formula is C12H24N4O2. The fourth-order valence-electron chi connectivity index (χ4n) is 1.27. The van der Waals surface area contributed by atoms with Crippen LogP contribution in [0.2, 0.25) is 0 Å². The standard InChI is InChI=1S/C12H24N4O2/c1-12(2,3)18-11(17)15-8-4-7-14-10(13)16-9-5-6-9/h9H,4-8H2,1-3H3,(H,15,17)(H3,13,14,16). The van der Waals surface area contributed by atoms with E-state index in [9.17, 15) is 4.79 Å². The number of amides is 1. The molecule has 0 aromatic heterocycles. The summed E-state index contributed by atoms with van der Waals surface area (Å²) < 4.78 is 5.10. The van der Waals surface area contributed by atoms with Gasteiger partial charge in [-0.15, -0.1) is 0 Å². The Hall–Kier alpha value is -1.46. The largest absolute Gasteiger partial charge is 0.444 e. The number of nitrogens with two attached hydrogens (primary N) is 1. The van der Waals surface area contributed by atoms with Crippen LogP contribution in [0.15, 0.2) is 4.99 Å². The Morgan fingerprint density at radius 2 is 2.11 bits per heavy atom. The number of carbonyl (C=O) groups excluding carboxylic acids is 1. The van der Waals surface area contributed by atoms with Crippen LogP contribution in [0, 0.1) is 0 Å². The highest BCUT2D eigenvalue weighted by molar-refractivity contribution is 5.78. The molecule has 1 aliphatic carbocycles. The minimum Gasteiger partial charge on any atom is -0.444 e. The van der Waals surface area contributed by atoms with E-state index in [1.807, 2.05) is 20.8 Å². The average Bonchev–Trinajstić information content (AvgIpc) is 2.98. The van der Waals surface area contributed by atoms with Crippen LogP contribution in [0.3, 0.4) is 0 Å². The van der Waals surface area contributed by atoms with E-state index in [2.05, 4.69) is 15.6 Å². The smallest absolute Gasteiger partial charge is 0.407 e. The number of nitrogens with one attached hydrogen (secondary N) is 2. The van der Waals surface area contributed by atoms with E-state index in [0.29, 0.717) is 25.1 Å². The van der Waals surface area contributed by atoms with Crippen molar-refractivity contribution >= 4 is 12.1 Å². The SMILES string of the molecule is CC(C)(C)OC(=O)NCCCN=C(N)NC1CC1. The minimum absolute atomic E-state index is 0.393. The highest BCUT2D eigenvalue weighted by Gasteiger charge is 2.21. The Kier molecular flexibility index (Phi) is 5.25. The molecule has 0 spiro atoms. The maximum absolute atomic E-state index is 11.3. The highest BCUT2D eigenvalue weighted by atomic mass is 16.6. The molecule has 6 heteroatoms. The Balaban J connectivity index is 2.02. The lowest BCUT2D eigenvalue weighted by Gasteiger charge is -2.19. The average molecular weight is 256 g/mol. The van der Waals surface area contributed by atoms with E-state index in [-0.39, 0.29) is 0 Å². The van der Waals surface area contributed by atoms with Crippen LogP contribution in [0.25, 0.3) is 0 Å². The van der Waals surface area contributed by atoms with Gasteiger partial charge in [0.2, 0.25) is 0 Å². The first-order chi connectivity index (χ1) is 8.37. The third-order valence-corrected chi connectivity index (χ3v) is 2.21. The van der Waals surface area contributed by atoms with Crippen molar-refractivity contribution in [1.29, 1.82) is 0 Å². The Labute approximate surface area is 108 Å². The number of carbonyl (C=O) groups is 1. The quantitative estimate of drug-likeness (QED) is 0.388. The van der Waals surface area contributed by atoms with E-state index >= 15 is 0 Å². The lowest BCUT2D eigenvalue weighted by Crippen LogP contribution is -2.34. The molecule has 18 heavy (non-hydrogen) atoms. The summed E-state index contributed by atoms with van der Waals surface area (Å²) >= 11 is 0. The van der Waals surface area contributed by atoms with Crippen LogP contribution in [0.5, 0.6) is 0 Å². The number of alkyl carbamates (subject to hydrolysis) is 1. The van der Waals surface area contributed by atoms with Crippen molar-refractivity contribution in [2.75, 3.05) is 13.1 Å². The fourth-order valence-corrected chi connectivity index (χ4v) is 1.27. The molecule has 0 saturated heterocycles. The summed E-state index contributed by atoms with van der Waals surface area (Å²) in [6.07, 6.45) is 2.70. The molecule has 0 atom stereocenters. The van der Waals surface area contributed by atoms with Crippen molar-refractivity contribution in [3.8, 4) is 0 Å². The molecule has 0 aromatic carbocycles. The van der Waals surface area contributed by atoms with Crippen molar-refractivity contribution in [2.45, 2.75) is 51.7 Å². The molecule has 0 aromatic rings. The second kappa shape index (κ2) is 6.47. The van der Waals surface area contributed by atoms with Crippen LogP contribution in [-0.4, -0.2) is 36.8 Å². The number of nitrogens with zero attached hydrogens (tertiary/aromatic N) is 1. The summed E-state index contributed by atoms with van der Waals surface area (Å²) in [5, 5.41) is 5.77. The van der Waals surface area contributed by atoms with Crippen LogP contribution in [0.4, 0.5) is 4.79 Å². The summed E-state index contributed by atoms with van der Waals surface area (Å²) in [4.78, 5) is 15.5. The molecule has 1 fully saturated rings. The zero-order valence-corrected chi connectivity index (χ0v) is 11.5. The normalized spacial score (nSPS) is 16.3. The maximum atomic E-state index is 11.3. The molecule has 1 rings (SSSR count). The number of hydrogen-bond acceptors (Lipinski definition) is 3. The summed E-state index contributed by atoms with van der Waals surface area (Å²) in [6.45, 7) is 6.64. The van der Waals surface area contributed by atoms with Gasteiger partial charge >= 0.3 is 6.09 Å². The predicted molar refractivity (Wildman–Crippen MR) is 71.5 cm³/mol. The minimum atomic E-state index is -0.457. The van der Waals surface area contributed by atoms with Crippen LogP contribution in [-0.2, 0) is 4.74 Å². The Bertz CT molecular complexity index is 306. The van der Waals surface area contributed by atoms with Gasteiger partial charge in [0.25, 0.3) is 0 Å². The van der Waals surface area contributed by atoms with E-state index in [0.717, 1.165) is 6.42 Å². The van der Waals surface area contributed by atoms with Gasteiger partial charge in [0.15, 0.2) is 5.96 Å². The van der Waals surface area contributed by atoms with Gasteiger partial charge in [-0.25, -0.2) is 4.79 Å². The second-order valence-electron chi connectivity index (χ2n) is 5.47. The topological polar surface area (TPSA) is 88.7 Å². The highest BCUT2D eigenvalue weighted by Crippen LogP contribution is 2.17. The molecule has 104 valence electrons. The molecule has 6 nitrogen and oxygen atoms in total. The Morgan fingerprint density at radius 3 is 2.67 bits per heavy atom. The van der Waals surface area contributed by atoms with Crippen molar-refractivity contribution < 1.29 is 9.53 Å². The second-order valence-corrected chi connectivity index (χ2v) is 5.47. The molecule has 0 heterocycles. The molecule has 4 N–H and O–H groups in total. The first kappa shape index (κ1) is 14.6. The number of ether oxygens (including phenoxy) is 1. The summed E-state index contributed by atoms with van der Waals surface area (Å²) in [7, 11) is 0. The van der Waals surface area contributed by atoms with Gasteiger partial charge in [-0.2, -0.15) is 0 Å². The third-order valence-electron chi connectivity index (χ3n) is 2.21. The van der Waals surface area contributed by atoms with Gasteiger partial charge < -0.3 is 21.1 Å². The zero-order valence-electron chi connectivity index (χ0n) is 11.5. The van der Waals surface area contributed by atoms with Gasteiger partial charge in [0.1, 0.15) is 5.60 Å². The van der Waals surface area contributed by atoms with E-state index in [1.54, 1.807) is 0 Å². The first-order valence-corrected chi connectivity index (χ1v) is 6.40. The van der Waals surface area contributed by atoms with Crippen LogP contribution < -0.4 is 16.4 Å². The lowest BCUT2D eigenvalue weighted by atomic mass is 10.2. The molecule has 1 amide bonds. The van der Waals surface area contributed by atoms with Crippen LogP contribution >= 0.6 is 0 Å². The molecule has 0 radical (unpaired) electrons. The predicted octanol–water partition coefficient (Wildman–Crippen LogP) is 0.968. The molecular weight excluding hydrogens is 232 g/mol. The maximum Gasteiger partial charge on any atom is 0.407 e. The summed E-state index contributed by atoms with van der Waals surface area (Å²) in [6, 6.07) is 0.522. The number of aliphatic imine (C=N–C) groups is 1. The van der Waals surface area contributed by atoms with Gasteiger partial charge in [-0.3, -0.25) is 4.99 Å². The lowest BCUT2D eigenvalue weighted by molar-refractivity contribution is 0.0527. The monoisotopic (exact) mass is 256 g/mol. The fraction of sp³-hybridized carbons (Fsp3) is 0.833. The van der Waals surface area contributed by atoms with Gasteiger partial charge in [-0.1, -0.05) is 0 Å². The van der Waals surface area contributed by atoms with Crippen molar-refractivity contribution in [1.82, 2.24) is 10.6 Å². The number of guanidine groups is 1. The Morgan fingerprint density at radius 1 is 1.44 bits per heavy atom. The molecule has 0 aliphatic heterocycles. The van der Waals surface area contributed by atoms with Crippen molar-refractivity contribution in [3.05, 3.63) is 0 Å². The first-order valence-electron chi connectivity index (χ1n) is 6.40. The van der Waals surface area contributed by atoms with Crippen molar-refractivity contribution in [3.63, 3.8) is 0 Å². The van der Waals surface area contributed by atoms with Gasteiger partial charge in [0, 0.05) is 19.1 Å². The van der Waals surface area contributed by atoms with Gasteiger partial charge in [-0.05, 0) is 40.0 Å². The molecule has 1 saturated carbocycles. The molecule has 0 bridgehead atoms. The zero-order chi connectivity index (χ0) is 13.6. The molecule has 0 unspecified atom stereocenters. The third kappa shape index (κ3) is 7.76. The number of rotatable bonds is 5. The van der Waals surface area contributed by atoms with Gasteiger partial charge in [0.05, 0.1) is 0 Å². The van der Waals surface area contributed by atoms with Crippen LogP contribution in [0.1, 0.15) is 40.0 Å².